The molecule has 1 aromatic carbocycles. The number of carbonyl (C=O) groups excluding carboxylic acids is 1. The van der Waals surface area contributed by atoms with Gasteiger partial charge in [-0.3, -0.25) is 0 Å². The Balaban J connectivity index is 0.000001000. The van der Waals surface area contributed by atoms with E-state index in [1.54, 1.807) is 0 Å². The van der Waals surface area contributed by atoms with Gasteiger partial charge in [0.05, 0.1) is 0 Å². The molecule has 0 saturated carbocycles. The molecule has 0 radical (unpaired) electrons. The van der Waals surface area contributed by atoms with Crippen LogP contribution in [0.15, 0.2) is 30.3 Å². The molecule has 0 bridgehead atoms. The molecule has 11 heavy (non-hydrogen) atoms. The Morgan fingerprint density at radius 1 is 1.18 bits per heavy atom. The standard InChI is InChI=1S/C9H10O.K.H/c10-8-4-7-9-5-2-1-3-6-9;;/h1-3,5-6,8H,4,7H2;;. The van der Waals surface area contributed by atoms with Crippen LogP contribution >= 0.6 is 0 Å². The van der Waals surface area contributed by atoms with Gasteiger partial charge < -0.3 is 4.79 Å². The van der Waals surface area contributed by atoms with Gasteiger partial charge in [0.2, 0.25) is 0 Å². The first-order valence-electron chi connectivity index (χ1n) is 3.41. The van der Waals surface area contributed by atoms with Gasteiger partial charge in [-0.15, -0.1) is 0 Å². The molecule has 0 atom stereocenters. The van der Waals surface area contributed by atoms with Gasteiger partial charge in [-0.2, -0.15) is 0 Å². The molecule has 1 nitrogen and oxygen atoms in total. The first-order valence-corrected chi connectivity index (χ1v) is 3.41. The Morgan fingerprint density at radius 2 is 1.82 bits per heavy atom. The average molecular weight is 174 g/mol. The van der Waals surface area contributed by atoms with Crippen molar-refractivity contribution in [2.45, 2.75) is 12.8 Å². The number of hydrogen-bond donors (Lipinski definition) is 0. The molecule has 0 aliphatic carbocycles. The van der Waals surface area contributed by atoms with E-state index in [9.17, 15) is 4.79 Å². The number of rotatable bonds is 3. The van der Waals surface area contributed by atoms with E-state index >= 15 is 0 Å². The average Bonchev–Trinajstić information content (AvgIpc) is 2.03. The molecule has 1 rings (SSSR count). The zero-order chi connectivity index (χ0) is 7.23. The van der Waals surface area contributed by atoms with Gasteiger partial charge in [-0.1, -0.05) is 30.3 Å². The van der Waals surface area contributed by atoms with Crippen molar-refractivity contribution in [3.63, 3.8) is 0 Å². The van der Waals surface area contributed by atoms with E-state index in [-0.39, 0.29) is 51.4 Å². The molecule has 0 N–H and O–H groups in total. The molecular formula is C9H11KO. The zero-order valence-electron chi connectivity index (χ0n) is 5.79. The van der Waals surface area contributed by atoms with Gasteiger partial charge in [0.25, 0.3) is 0 Å². The van der Waals surface area contributed by atoms with Crippen LogP contribution < -0.4 is 0 Å². The summed E-state index contributed by atoms with van der Waals surface area (Å²) in [6.45, 7) is 0. The van der Waals surface area contributed by atoms with Crippen LogP contribution in [-0.2, 0) is 11.2 Å². The van der Waals surface area contributed by atoms with Crippen LogP contribution in [0, 0.1) is 0 Å². The van der Waals surface area contributed by atoms with Crippen LogP contribution in [0.1, 0.15) is 12.0 Å². The van der Waals surface area contributed by atoms with Crippen molar-refractivity contribution in [3.05, 3.63) is 35.9 Å². The Labute approximate surface area is 110 Å². The van der Waals surface area contributed by atoms with Gasteiger partial charge in [-0.25, -0.2) is 0 Å². The van der Waals surface area contributed by atoms with E-state index in [0.29, 0.717) is 6.42 Å². The quantitative estimate of drug-likeness (QED) is 0.496. The normalized spacial score (nSPS) is 8.36. The van der Waals surface area contributed by atoms with Crippen molar-refractivity contribution >= 4 is 57.7 Å². The summed E-state index contributed by atoms with van der Waals surface area (Å²) in [7, 11) is 0. The second-order valence-corrected chi connectivity index (χ2v) is 2.19. The number of benzene rings is 1. The molecule has 0 amide bonds. The van der Waals surface area contributed by atoms with E-state index in [0.717, 1.165) is 12.7 Å². The minimum absolute atomic E-state index is 0. The van der Waals surface area contributed by atoms with Gasteiger partial charge in [0.1, 0.15) is 6.29 Å². The molecule has 0 saturated heterocycles. The van der Waals surface area contributed by atoms with Crippen LogP contribution in [-0.4, -0.2) is 57.7 Å². The van der Waals surface area contributed by atoms with E-state index in [4.69, 9.17) is 0 Å². The summed E-state index contributed by atoms with van der Waals surface area (Å²) < 4.78 is 0. The van der Waals surface area contributed by atoms with E-state index in [2.05, 4.69) is 0 Å². The first kappa shape index (κ1) is 11.5. The first-order chi connectivity index (χ1) is 4.93. The summed E-state index contributed by atoms with van der Waals surface area (Å²) in [4.78, 5) is 9.98. The Kier molecular flexibility index (Phi) is 7.53. The second kappa shape index (κ2) is 7.19. The molecule has 1 aromatic rings. The fraction of sp³-hybridized carbons (Fsp3) is 0.222. The van der Waals surface area contributed by atoms with Gasteiger partial charge in [-0.05, 0) is 12.0 Å². The van der Waals surface area contributed by atoms with Crippen LogP contribution in [0.3, 0.4) is 0 Å². The van der Waals surface area contributed by atoms with Crippen molar-refractivity contribution < 1.29 is 4.79 Å². The van der Waals surface area contributed by atoms with Gasteiger partial charge >= 0.3 is 51.4 Å². The van der Waals surface area contributed by atoms with Crippen LogP contribution in [0.2, 0.25) is 0 Å². The summed E-state index contributed by atoms with van der Waals surface area (Å²) in [6.07, 6.45) is 2.45. The predicted octanol–water partition coefficient (Wildman–Crippen LogP) is 1.17. The van der Waals surface area contributed by atoms with Crippen molar-refractivity contribution in [3.8, 4) is 0 Å². The van der Waals surface area contributed by atoms with E-state index in [1.807, 2.05) is 30.3 Å². The monoisotopic (exact) mass is 174 g/mol. The molecule has 0 spiro atoms. The number of carbonyl (C=O) groups is 1. The molecule has 0 heterocycles. The molecule has 54 valence electrons. The third kappa shape index (κ3) is 4.88. The van der Waals surface area contributed by atoms with Gasteiger partial charge in [0, 0.05) is 6.42 Å². The number of aldehydes is 1. The summed E-state index contributed by atoms with van der Waals surface area (Å²) >= 11 is 0. The Bertz CT molecular complexity index is 196. The number of hydrogen-bond acceptors (Lipinski definition) is 1. The van der Waals surface area contributed by atoms with Crippen molar-refractivity contribution in [1.82, 2.24) is 0 Å². The number of aryl methyl sites for hydroxylation is 1. The van der Waals surface area contributed by atoms with Gasteiger partial charge in [0.15, 0.2) is 0 Å². The predicted molar refractivity (Wildman–Crippen MR) is 48.0 cm³/mol. The molecule has 2 heteroatoms. The van der Waals surface area contributed by atoms with Crippen LogP contribution in [0.5, 0.6) is 0 Å². The van der Waals surface area contributed by atoms with Crippen LogP contribution in [0.25, 0.3) is 0 Å². The zero-order valence-corrected chi connectivity index (χ0v) is 5.79. The SMILES string of the molecule is O=CCCc1ccccc1.[KH]. The van der Waals surface area contributed by atoms with Crippen molar-refractivity contribution in [2.75, 3.05) is 0 Å². The topological polar surface area (TPSA) is 17.1 Å². The van der Waals surface area contributed by atoms with E-state index in [1.165, 1.54) is 5.56 Å². The summed E-state index contributed by atoms with van der Waals surface area (Å²) in [5.74, 6) is 0. The van der Waals surface area contributed by atoms with Crippen molar-refractivity contribution in [1.29, 1.82) is 0 Å². The fourth-order valence-corrected chi connectivity index (χ4v) is 0.870. The molecular weight excluding hydrogens is 163 g/mol. The molecule has 0 aromatic heterocycles. The molecule has 0 unspecified atom stereocenters. The minimum atomic E-state index is 0. The molecule has 0 aliphatic heterocycles. The Hall–Kier alpha value is 0.526. The van der Waals surface area contributed by atoms with Crippen molar-refractivity contribution in [2.24, 2.45) is 0 Å². The molecule has 0 fully saturated rings. The van der Waals surface area contributed by atoms with E-state index < -0.39 is 0 Å². The summed E-state index contributed by atoms with van der Waals surface area (Å²) in [5, 5.41) is 0. The second-order valence-electron chi connectivity index (χ2n) is 2.19. The summed E-state index contributed by atoms with van der Waals surface area (Å²) in [6, 6.07) is 10.0. The Morgan fingerprint density at radius 3 is 2.36 bits per heavy atom. The maximum atomic E-state index is 9.98. The third-order valence-electron chi connectivity index (χ3n) is 1.39. The fourth-order valence-electron chi connectivity index (χ4n) is 0.870. The van der Waals surface area contributed by atoms with Crippen LogP contribution in [0.4, 0.5) is 0 Å². The summed E-state index contributed by atoms with van der Waals surface area (Å²) in [5.41, 5.74) is 1.23. The maximum absolute atomic E-state index is 9.98. The third-order valence-corrected chi connectivity index (χ3v) is 1.39. The molecule has 0 aliphatic rings.